The lowest BCUT2D eigenvalue weighted by Gasteiger charge is -2.49. The van der Waals surface area contributed by atoms with Gasteiger partial charge in [-0.1, -0.05) is 0 Å². The van der Waals surface area contributed by atoms with E-state index in [0.29, 0.717) is 0 Å². The lowest BCUT2D eigenvalue weighted by atomic mass is 9.95. The molecule has 3 fully saturated rings. The minimum absolute atomic E-state index is 0.146. The fraction of sp³-hybridized carbons (Fsp3) is 1.00. The number of hydrogen-bond donors (Lipinski definition) is 1. The highest BCUT2D eigenvalue weighted by atomic mass is 31.2. The average Bonchev–Trinajstić information content (AvgIpc) is 2.41. The molecular weight excluding hydrogens is 185 g/mol. The predicted molar refractivity (Wildman–Crippen MR) is 51.5 cm³/mol. The summed E-state index contributed by atoms with van der Waals surface area (Å²) in [5, 5.41) is 3.38. The second-order valence-electron chi connectivity index (χ2n) is 4.62. The van der Waals surface area contributed by atoms with Crippen molar-refractivity contribution >= 4 is 7.59 Å². The number of nitrogens with one attached hydrogen (secondary N) is 1. The van der Waals surface area contributed by atoms with Crippen LogP contribution < -0.4 is 5.09 Å². The van der Waals surface area contributed by atoms with Crippen LogP contribution in [0, 0.1) is 0 Å². The zero-order valence-electron chi connectivity index (χ0n) is 7.99. The molecule has 3 rings (SSSR count). The van der Waals surface area contributed by atoms with Gasteiger partial charge in [0.2, 0.25) is 0 Å². The van der Waals surface area contributed by atoms with Gasteiger partial charge in [0, 0.05) is 31.7 Å². The molecule has 4 nitrogen and oxygen atoms in total. The van der Waals surface area contributed by atoms with E-state index in [1.54, 1.807) is 0 Å². The molecule has 0 unspecified atom stereocenters. The molecule has 0 spiro atoms. The molecule has 13 heavy (non-hydrogen) atoms. The highest BCUT2D eigenvalue weighted by molar-refractivity contribution is 7.57. The molecule has 3 heterocycles. The average molecular weight is 201 g/mol. The Labute approximate surface area is 78.8 Å². The first-order chi connectivity index (χ1) is 6.12. The van der Waals surface area contributed by atoms with Gasteiger partial charge >= 0.3 is 0 Å². The van der Waals surface area contributed by atoms with E-state index < -0.39 is 7.59 Å². The molecule has 0 saturated carbocycles. The van der Waals surface area contributed by atoms with Crippen molar-refractivity contribution in [3.63, 3.8) is 0 Å². The molecule has 0 aromatic carbocycles. The number of rotatable bonds is 0. The normalized spacial score (nSPS) is 51.2. The van der Waals surface area contributed by atoms with E-state index >= 15 is 0 Å². The fourth-order valence-corrected chi connectivity index (χ4v) is 5.69. The Morgan fingerprint density at radius 3 is 2.23 bits per heavy atom. The quantitative estimate of drug-likeness (QED) is 0.590. The van der Waals surface area contributed by atoms with Crippen LogP contribution in [-0.2, 0) is 4.57 Å². The molecule has 0 radical (unpaired) electrons. The zero-order valence-corrected chi connectivity index (χ0v) is 8.89. The molecule has 0 aliphatic carbocycles. The summed E-state index contributed by atoms with van der Waals surface area (Å²) in [5.74, 6) is 0. The lowest BCUT2D eigenvalue weighted by molar-refractivity contribution is 0.231. The second kappa shape index (κ2) is 2.37. The van der Waals surface area contributed by atoms with E-state index in [9.17, 15) is 4.57 Å². The van der Waals surface area contributed by atoms with Gasteiger partial charge in [0.15, 0.2) is 0 Å². The Hall–Kier alpha value is 0.110. The second-order valence-corrected chi connectivity index (χ2v) is 7.07. The summed E-state index contributed by atoms with van der Waals surface area (Å²) >= 11 is 0. The highest BCUT2D eigenvalue weighted by Gasteiger charge is 2.53. The topological polar surface area (TPSA) is 35.6 Å². The summed E-state index contributed by atoms with van der Waals surface area (Å²) in [4.78, 5) is 0. The summed E-state index contributed by atoms with van der Waals surface area (Å²) in [6, 6.07) is 0. The largest absolute Gasteiger partial charge is 0.284 e. The van der Waals surface area contributed by atoms with Crippen molar-refractivity contribution in [2.24, 2.45) is 0 Å². The minimum atomic E-state index is -2.28. The molecule has 3 aliphatic rings. The smallest absolute Gasteiger partial charge is 0.270 e. The van der Waals surface area contributed by atoms with E-state index in [4.69, 9.17) is 0 Å². The molecule has 0 aromatic rings. The van der Waals surface area contributed by atoms with Gasteiger partial charge in [0.05, 0.1) is 0 Å². The van der Waals surface area contributed by atoms with Crippen molar-refractivity contribution in [3.05, 3.63) is 0 Å². The molecule has 1 N–H and O–H groups in total. The zero-order chi connectivity index (χ0) is 9.10. The van der Waals surface area contributed by atoms with Crippen LogP contribution in [0.1, 0.15) is 19.8 Å². The van der Waals surface area contributed by atoms with Crippen molar-refractivity contribution < 1.29 is 4.57 Å². The SMILES string of the molecule is CC12CCN3CCN(CC1)P3(=O)N2. The van der Waals surface area contributed by atoms with Gasteiger partial charge in [0.25, 0.3) is 7.59 Å². The number of fused-ring (bicyclic) bond motifs is 1. The number of nitrogens with zero attached hydrogens (tertiary/aromatic N) is 2. The Morgan fingerprint density at radius 1 is 1.15 bits per heavy atom. The first-order valence-electron chi connectivity index (χ1n) is 5.03. The molecule has 74 valence electrons. The molecule has 5 heteroatoms. The third-order valence-electron chi connectivity index (χ3n) is 3.64. The summed E-state index contributed by atoms with van der Waals surface area (Å²) in [6.45, 7) is 6.20. The van der Waals surface area contributed by atoms with E-state index in [0.717, 1.165) is 39.0 Å². The predicted octanol–water partition coefficient (Wildman–Crippen LogP) is 0.868. The van der Waals surface area contributed by atoms with E-state index in [-0.39, 0.29) is 5.54 Å². The molecule has 0 amide bonds. The molecule has 0 aromatic heterocycles. The van der Waals surface area contributed by atoms with Crippen molar-refractivity contribution in [1.29, 1.82) is 0 Å². The maximum absolute atomic E-state index is 12.5. The van der Waals surface area contributed by atoms with Crippen LogP contribution in [-0.4, -0.2) is 41.1 Å². The van der Waals surface area contributed by atoms with Gasteiger partial charge in [-0.05, 0) is 19.8 Å². The van der Waals surface area contributed by atoms with Gasteiger partial charge < -0.3 is 0 Å². The summed E-state index contributed by atoms with van der Waals surface area (Å²) in [7, 11) is -2.28. The highest BCUT2D eigenvalue weighted by Crippen LogP contribution is 2.60. The van der Waals surface area contributed by atoms with E-state index in [1.807, 2.05) is 0 Å². The Kier molecular flexibility index (Phi) is 1.54. The van der Waals surface area contributed by atoms with E-state index in [1.165, 1.54) is 0 Å². The monoisotopic (exact) mass is 201 g/mol. The summed E-state index contributed by atoms with van der Waals surface area (Å²) in [6.07, 6.45) is 2.29. The van der Waals surface area contributed by atoms with Crippen LogP contribution in [0.3, 0.4) is 0 Å². The maximum Gasteiger partial charge on any atom is 0.284 e. The third-order valence-corrected chi connectivity index (χ3v) is 6.81. The van der Waals surface area contributed by atoms with Crippen LogP contribution in [0.4, 0.5) is 0 Å². The Morgan fingerprint density at radius 2 is 1.69 bits per heavy atom. The van der Waals surface area contributed by atoms with Gasteiger partial charge in [-0.25, -0.2) is 14.4 Å². The minimum Gasteiger partial charge on any atom is -0.270 e. The van der Waals surface area contributed by atoms with Gasteiger partial charge in [0.1, 0.15) is 0 Å². The molecular formula is C8H16N3OP. The van der Waals surface area contributed by atoms with Gasteiger partial charge in [-0.3, -0.25) is 4.57 Å². The molecule has 3 saturated heterocycles. The van der Waals surface area contributed by atoms with Crippen LogP contribution in [0.25, 0.3) is 0 Å². The molecule has 0 atom stereocenters. The maximum atomic E-state index is 12.5. The molecule has 3 aliphatic heterocycles. The van der Waals surface area contributed by atoms with Gasteiger partial charge in [-0.15, -0.1) is 0 Å². The van der Waals surface area contributed by atoms with Gasteiger partial charge in [-0.2, -0.15) is 0 Å². The van der Waals surface area contributed by atoms with Crippen molar-refractivity contribution in [1.82, 2.24) is 14.4 Å². The fourth-order valence-electron chi connectivity index (χ4n) is 2.66. The summed E-state index contributed by atoms with van der Waals surface area (Å²) < 4.78 is 16.8. The van der Waals surface area contributed by atoms with Crippen LogP contribution in [0.15, 0.2) is 0 Å². The summed E-state index contributed by atoms with van der Waals surface area (Å²) in [5.41, 5.74) is 0.146. The first-order valence-corrected chi connectivity index (χ1v) is 6.64. The van der Waals surface area contributed by atoms with Crippen molar-refractivity contribution in [2.45, 2.75) is 25.3 Å². The van der Waals surface area contributed by atoms with E-state index in [2.05, 4.69) is 21.4 Å². The van der Waals surface area contributed by atoms with Crippen molar-refractivity contribution in [2.75, 3.05) is 26.2 Å². The van der Waals surface area contributed by atoms with Crippen LogP contribution in [0.2, 0.25) is 0 Å². The van der Waals surface area contributed by atoms with Crippen molar-refractivity contribution in [3.8, 4) is 0 Å². The van der Waals surface area contributed by atoms with Crippen LogP contribution in [0.5, 0.6) is 0 Å². The number of hydrogen-bond acceptors (Lipinski definition) is 1. The Bertz CT molecular complexity index is 273. The third kappa shape index (κ3) is 1.00. The Balaban J connectivity index is 2.03. The molecule has 2 bridgehead atoms. The van der Waals surface area contributed by atoms with Crippen LogP contribution >= 0.6 is 7.59 Å². The first kappa shape index (κ1) is 8.42. The standard InChI is InChI=1S/C8H16N3OP/c1-8-2-4-10-6-7-11(5-3-8)13(10,12)9-8/h2-7H2,1H3,(H,9,12). The lowest BCUT2D eigenvalue weighted by Crippen LogP contribution is -2.55.